The number of rotatable bonds is 6. The molecule has 2 aromatic rings. The second-order valence-electron chi connectivity index (χ2n) is 6.23. The minimum atomic E-state index is -0.999. The van der Waals surface area contributed by atoms with Gasteiger partial charge in [0.25, 0.3) is 0 Å². The molecule has 126 valence electrons. The fourth-order valence-corrected chi connectivity index (χ4v) is 3.20. The summed E-state index contributed by atoms with van der Waals surface area (Å²) in [5, 5.41) is 14.1. The molecule has 0 saturated heterocycles. The van der Waals surface area contributed by atoms with Gasteiger partial charge >= 0.3 is 0 Å². The highest BCUT2D eigenvalue weighted by Crippen LogP contribution is 2.27. The van der Waals surface area contributed by atoms with E-state index in [-0.39, 0.29) is 6.04 Å². The van der Waals surface area contributed by atoms with Crippen LogP contribution in [0.15, 0.2) is 39.6 Å². The molecule has 0 fully saturated rings. The molecule has 1 heterocycles. The van der Waals surface area contributed by atoms with Gasteiger partial charge in [-0.1, -0.05) is 12.1 Å². The van der Waals surface area contributed by atoms with Crippen LogP contribution in [0, 0.1) is 13.8 Å². The SMILES string of the molecule is Cc1cc(C(C)(O)CNC(C)c2ccc(S(C)=O)cc2)c(C)o1. The zero-order valence-electron chi connectivity index (χ0n) is 14.3. The van der Waals surface area contributed by atoms with Crippen LogP contribution >= 0.6 is 0 Å². The molecular formula is C18H25NO3S. The Hall–Kier alpha value is -1.43. The molecule has 0 aliphatic rings. The molecule has 2 rings (SSSR count). The van der Waals surface area contributed by atoms with Gasteiger partial charge in [0.1, 0.15) is 17.1 Å². The zero-order valence-corrected chi connectivity index (χ0v) is 15.2. The number of benzene rings is 1. The van der Waals surface area contributed by atoms with E-state index >= 15 is 0 Å². The van der Waals surface area contributed by atoms with Gasteiger partial charge in [0.2, 0.25) is 0 Å². The molecule has 0 aliphatic carbocycles. The average molecular weight is 335 g/mol. The summed E-state index contributed by atoms with van der Waals surface area (Å²) in [6, 6.07) is 9.66. The quantitative estimate of drug-likeness (QED) is 0.851. The Morgan fingerprint density at radius 1 is 1.30 bits per heavy atom. The fraction of sp³-hybridized carbons (Fsp3) is 0.444. The molecular weight excluding hydrogens is 310 g/mol. The normalized spacial score (nSPS) is 16.8. The van der Waals surface area contributed by atoms with Crippen LogP contribution in [0.25, 0.3) is 0 Å². The van der Waals surface area contributed by atoms with Crippen molar-refractivity contribution in [3.05, 3.63) is 53.0 Å². The molecule has 3 unspecified atom stereocenters. The summed E-state index contributed by atoms with van der Waals surface area (Å²) in [6.45, 7) is 7.98. The lowest BCUT2D eigenvalue weighted by atomic mass is 9.95. The molecule has 0 bridgehead atoms. The van der Waals surface area contributed by atoms with Gasteiger partial charge < -0.3 is 14.8 Å². The molecule has 3 atom stereocenters. The van der Waals surface area contributed by atoms with Gasteiger partial charge in [-0.2, -0.15) is 0 Å². The lowest BCUT2D eigenvalue weighted by Crippen LogP contribution is -2.36. The van der Waals surface area contributed by atoms with E-state index < -0.39 is 16.4 Å². The monoisotopic (exact) mass is 335 g/mol. The van der Waals surface area contributed by atoms with E-state index in [9.17, 15) is 9.32 Å². The van der Waals surface area contributed by atoms with Crippen LogP contribution < -0.4 is 5.32 Å². The molecule has 1 aromatic heterocycles. The van der Waals surface area contributed by atoms with Crippen LogP contribution in [-0.4, -0.2) is 22.1 Å². The Morgan fingerprint density at radius 3 is 2.39 bits per heavy atom. The lowest BCUT2D eigenvalue weighted by Gasteiger charge is -2.26. The van der Waals surface area contributed by atoms with E-state index in [1.165, 1.54) is 0 Å². The minimum absolute atomic E-state index is 0.0779. The third-order valence-corrected chi connectivity index (χ3v) is 5.02. The highest BCUT2D eigenvalue weighted by atomic mass is 32.2. The summed E-state index contributed by atoms with van der Waals surface area (Å²) in [5.41, 5.74) is 0.905. The van der Waals surface area contributed by atoms with Crippen molar-refractivity contribution in [1.82, 2.24) is 5.32 Å². The first-order valence-corrected chi connectivity index (χ1v) is 9.23. The van der Waals surface area contributed by atoms with E-state index in [4.69, 9.17) is 4.42 Å². The summed E-state index contributed by atoms with van der Waals surface area (Å²) in [6.07, 6.45) is 1.67. The molecule has 2 N–H and O–H groups in total. The molecule has 1 aromatic carbocycles. The summed E-state index contributed by atoms with van der Waals surface area (Å²) in [7, 11) is -0.964. The topological polar surface area (TPSA) is 62.5 Å². The molecule has 5 heteroatoms. The van der Waals surface area contributed by atoms with E-state index in [1.54, 1.807) is 13.2 Å². The smallest absolute Gasteiger partial charge is 0.107 e. The van der Waals surface area contributed by atoms with Crippen LogP contribution in [0.4, 0.5) is 0 Å². The predicted molar refractivity (Wildman–Crippen MR) is 92.9 cm³/mol. The van der Waals surface area contributed by atoms with Crippen molar-refractivity contribution in [3.63, 3.8) is 0 Å². The highest BCUT2D eigenvalue weighted by molar-refractivity contribution is 7.84. The third-order valence-electron chi connectivity index (χ3n) is 4.09. The zero-order chi connectivity index (χ0) is 17.2. The largest absolute Gasteiger partial charge is 0.466 e. The Labute approximate surface area is 140 Å². The minimum Gasteiger partial charge on any atom is -0.466 e. The van der Waals surface area contributed by atoms with Gasteiger partial charge in [-0.3, -0.25) is 4.21 Å². The van der Waals surface area contributed by atoms with Crippen molar-refractivity contribution < 1.29 is 13.7 Å². The lowest BCUT2D eigenvalue weighted by molar-refractivity contribution is 0.0529. The van der Waals surface area contributed by atoms with Crippen molar-refractivity contribution in [1.29, 1.82) is 0 Å². The summed E-state index contributed by atoms with van der Waals surface area (Å²) in [4.78, 5) is 0.817. The van der Waals surface area contributed by atoms with Crippen molar-refractivity contribution in [2.45, 2.75) is 44.2 Å². The Morgan fingerprint density at radius 2 is 1.91 bits per heavy atom. The fourth-order valence-electron chi connectivity index (χ4n) is 2.68. The van der Waals surface area contributed by atoms with E-state index in [0.717, 1.165) is 27.5 Å². The number of hydrogen-bond acceptors (Lipinski definition) is 4. The first-order chi connectivity index (χ1) is 10.7. The first-order valence-electron chi connectivity index (χ1n) is 7.67. The third kappa shape index (κ3) is 4.31. The summed E-state index contributed by atoms with van der Waals surface area (Å²) in [5.74, 6) is 1.55. The van der Waals surface area contributed by atoms with E-state index in [0.29, 0.717) is 6.54 Å². The molecule has 0 aliphatic heterocycles. The van der Waals surface area contributed by atoms with Crippen molar-refractivity contribution in [2.24, 2.45) is 0 Å². The second-order valence-corrected chi connectivity index (χ2v) is 7.61. The van der Waals surface area contributed by atoms with Gasteiger partial charge in [0, 0.05) is 40.1 Å². The average Bonchev–Trinajstić information content (AvgIpc) is 2.84. The van der Waals surface area contributed by atoms with Crippen molar-refractivity contribution in [3.8, 4) is 0 Å². The molecule has 4 nitrogen and oxygen atoms in total. The summed E-state index contributed by atoms with van der Waals surface area (Å²) >= 11 is 0. The van der Waals surface area contributed by atoms with Crippen molar-refractivity contribution >= 4 is 10.8 Å². The predicted octanol–water partition coefficient (Wildman–Crippen LogP) is 3.19. The molecule has 0 spiro atoms. The van der Waals surface area contributed by atoms with Crippen LogP contribution in [0.2, 0.25) is 0 Å². The van der Waals surface area contributed by atoms with Gasteiger partial charge in [0.15, 0.2) is 0 Å². The van der Waals surface area contributed by atoms with Crippen LogP contribution in [0.3, 0.4) is 0 Å². The van der Waals surface area contributed by atoms with E-state index in [2.05, 4.69) is 5.32 Å². The van der Waals surface area contributed by atoms with Gasteiger partial charge in [-0.15, -0.1) is 0 Å². The maximum absolute atomic E-state index is 11.4. The molecule has 23 heavy (non-hydrogen) atoms. The van der Waals surface area contributed by atoms with Gasteiger partial charge in [-0.05, 0) is 51.5 Å². The van der Waals surface area contributed by atoms with Gasteiger partial charge in [0.05, 0.1) is 0 Å². The maximum Gasteiger partial charge on any atom is 0.107 e. The highest BCUT2D eigenvalue weighted by Gasteiger charge is 2.28. The number of hydrogen-bond donors (Lipinski definition) is 2. The Kier molecular flexibility index (Phi) is 5.45. The number of nitrogens with one attached hydrogen (secondary N) is 1. The Bertz CT molecular complexity index is 689. The molecule has 0 radical (unpaired) electrons. The molecule has 0 saturated carbocycles. The standard InChI is InChI=1S/C18H25NO3S/c1-12-10-17(14(3)22-12)18(4,20)11-19-13(2)15-6-8-16(9-7-15)23(5)21/h6-10,13,19-20H,11H2,1-5H3. The van der Waals surface area contributed by atoms with Gasteiger partial charge in [-0.25, -0.2) is 0 Å². The number of furan rings is 1. The maximum atomic E-state index is 11.4. The van der Waals surface area contributed by atoms with E-state index in [1.807, 2.05) is 51.1 Å². The second kappa shape index (κ2) is 6.99. The summed E-state index contributed by atoms with van der Waals surface area (Å²) < 4.78 is 16.9. The van der Waals surface area contributed by atoms with Crippen LogP contribution in [-0.2, 0) is 16.4 Å². The number of aliphatic hydroxyl groups is 1. The first kappa shape index (κ1) is 17.9. The molecule has 0 amide bonds. The number of aryl methyl sites for hydroxylation is 2. The van der Waals surface area contributed by atoms with Crippen molar-refractivity contribution in [2.75, 3.05) is 12.8 Å². The van der Waals surface area contributed by atoms with Crippen LogP contribution in [0.5, 0.6) is 0 Å². The van der Waals surface area contributed by atoms with Crippen LogP contribution in [0.1, 0.15) is 42.5 Å². The Balaban J connectivity index is 2.04.